The van der Waals surface area contributed by atoms with Gasteiger partial charge in [0.25, 0.3) is 0 Å². The zero-order chi connectivity index (χ0) is 15.0. The maximum absolute atomic E-state index is 12.0. The van der Waals surface area contributed by atoms with Gasteiger partial charge in [-0.05, 0) is 43.9 Å². The van der Waals surface area contributed by atoms with Gasteiger partial charge in [0.1, 0.15) is 0 Å². The minimum Gasteiger partial charge on any atom is -0.348 e. The van der Waals surface area contributed by atoms with Gasteiger partial charge in [-0.1, -0.05) is 12.1 Å². The van der Waals surface area contributed by atoms with Crippen LogP contribution in [0.1, 0.15) is 37.8 Å². The van der Waals surface area contributed by atoms with Crippen molar-refractivity contribution in [2.24, 2.45) is 10.9 Å². The Labute approximate surface area is 118 Å². The Hall–Kier alpha value is -1.44. The Bertz CT molecular complexity index is 606. The quantitative estimate of drug-likeness (QED) is 0.745. The van der Waals surface area contributed by atoms with Crippen LogP contribution in [-0.2, 0) is 14.8 Å². The van der Waals surface area contributed by atoms with Gasteiger partial charge in [-0.25, -0.2) is 13.6 Å². The first kappa shape index (κ1) is 15.0. The fraction of sp³-hybridized carbons (Fsp3) is 0.462. The third-order valence-corrected chi connectivity index (χ3v) is 4.68. The second-order valence-electron chi connectivity index (χ2n) is 5.32. The topological polar surface area (TPSA) is 115 Å². The molecule has 1 aromatic carbocycles. The zero-order valence-electron chi connectivity index (χ0n) is 11.3. The molecule has 1 saturated carbocycles. The Morgan fingerprint density at radius 2 is 1.85 bits per heavy atom. The summed E-state index contributed by atoms with van der Waals surface area (Å²) >= 11 is 0. The average Bonchev–Trinajstić information content (AvgIpc) is 2.34. The summed E-state index contributed by atoms with van der Waals surface area (Å²) in [6, 6.07) is 5.88. The van der Waals surface area contributed by atoms with E-state index in [1.807, 2.05) is 6.92 Å². The van der Waals surface area contributed by atoms with E-state index in [0.29, 0.717) is 12.8 Å². The number of amides is 1. The van der Waals surface area contributed by atoms with Gasteiger partial charge in [0.15, 0.2) is 0 Å². The van der Waals surface area contributed by atoms with Crippen molar-refractivity contribution in [1.29, 1.82) is 0 Å². The van der Waals surface area contributed by atoms with Crippen LogP contribution in [-0.4, -0.2) is 19.9 Å². The molecule has 1 amide bonds. The lowest BCUT2D eigenvalue weighted by Crippen LogP contribution is -2.58. The molecular weight excluding hydrogens is 278 g/mol. The molecule has 2 rings (SSSR count). The molecule has 6 nitrogen and oxygen atoms in total. The van der Waals surface area contributed by atoms with E-state index in [-0.39, 0.29) is 16.8 Å². The first-order valence-corrected chi connectivity index (χ1v) is 8.00. The molecule has 1 aromatic rings. The maximum atomic E-state index is 12.0. The first-order valence-electron chi connectivity index (χ1n) is 6.45. The van der Waals surface area contributed by atoms with Gasteiger partial charge in [-0.15, -0.1) is 0 Å². The summed E-state index contributed by atoms with van der Waals surface area (Å²) in [5, 5.41) is 7.88. The third kappa shape index (κ3) is 3.00. The average molecular weight is 297 g/mol. The standard InChI is InChI=1S/C13H19N3O3S/c1-9(16-12(17)13(14)7-2-8-13)10-3-5-11(6-4-10)20(15,18)19/h3-6,9H,2,7-8,14H2,1H3,(H,16,17)(H2,15,18,19). The van der Waals surface area contributed by atoms with Crippen LogP contribution in [0.4, 0.5) is 0 Å². The molecule has 0 heterocycles. The van der Waals surface area contributed by atoms with Crippen LogP contribution in [0.15, 0.2) is 29.2 Å². The van der Waals surface area contributed by atoms with E-state index in [4.69, 9.17) is 10.9 Å². The Morgan fingerprint density at radius 1 is 1.30 bits per heavy atom. The molecule has 20 heavy (non-hydrogen) atoms. The number of hydrogen-bond donors (Lipinski definition) is 3. The van der Waals surface area contributed by atoms with E-state index in [0.717, 1.165) is 12.0 Å². The molecule has 1 atom stereocenters. The third-order valence-electron chi connectivity index (χ3n) is 3.75. The lowest BCUT2D eigenvalue weighted by molar-refractivity contribution is -0.129. The number of primary sulfonamides is 1. The summed E-state index contributed by atoms with van der Waals surface area (Å²) in [6.07, 6.45) is 2.38. The fourth-order valence-corrected chi connectivity index (χ4v) is 2.67. The van der Waals surface area contributed by atoms with E-state index in [9.17, 15) is 13.2 Å². The highest BCUT2D eigenvalue weighted by atomic mass is 32.2. The monoisotopic (exact) mass is 297 g/mol. The van der Waals surface area contributed by atoms with Gasteiger partial charge in [-0.3, -0.25) is 4.79 Å². The fourth-order valence-electron chi connectivity index (χ4n) is 2.15. The van der Waals surface area contributed by atoms with Crippen molar-refractivity contribution in [2.75, 3.05) is 0 Å². The number of benzene rings is 1. The Balaban J connectivity index is 2.06. The molecule has 1 unspecified atom stereocenters. The largest absolute Gasteiger partial charge is 0.348 e. The van der Waals surface area contributed by atoms with Gasteiger partial charge in [0, 0.05) is 0 Å². The van der Waals surface area contributed by atoms with E-state index in [2.05, 4.69) is 5.32 Å². The van der Waals surface area contributed by atoms with Crippen molar-refractivity contribution in [3.8, 4) is 0 Å². The van der Waals surface area contributed by atoms with Crippen LogP contribution >= 0.6 is 0 Å². The number of nitrogens with one attached hydrogen (secondary N) is 1. The SMILES string of the molecule is CC(NC(=O)C1(N)CCC1)c1ccc(S(N)(=O)=O)cc1. The van der Waals surface area contributed by atoms with Gasteiger partial charge in [-0.2, -0.15) is 0 Å². The second-order valence-corrected chi connectivity index (χ2v) is 6.88. The lowest BCUT2D eigenvalue weighted by Gasteiger charge is -2.37. The molecule has 0 radical (unpaired) electrons. The molecule has 0 spiro atoms. The summed E-state index contributed by atoms with van der Waals surface area (Å²) in [7, 11) is -3.69. The molecule has 0 aliphatic heterocycles. The summed E-state index contributed by atoms with van der Waals surface area (Å²) in [5.74, 6) is -0.160. The van der Waals surface area contributed by atoms with Crippen molar-refractivity contribution in [3.63, 3.8) is 0 Å². The predicted octanol–water partition coefficient (Wildman–Crippen LogP) is 0.393. The second kappa shape index (κ2) is 5.16. The smallest absolute Gasteiger partial charge is 0.240 e. The van der Waals surface area contributed by atoms with Crippen LogP contribution in [0, 0.1) is 0 Å². The van der Waals surface area contributed by atoms with Gasteiger partial charge in [0.05, 0.1) is 16.5 Å². The first-order chi connectivity index (χ1) is 9.22. The highest BCUT2D eigenvalue weighted by Gasteiger charge is 2.40. The summed E-state index contributed by atoms with van der Waals surface area (Å²) in [5.41, 5.74) is 6.00. The molecule has 0 aromatic heterocycles. The maximum Gasteiger partial charge on any atom is 0.240 e. The highest BCUT2D eigenvalue weighted by Crippen LogP contribution is 2.30. The van der Waals surface area contributed by atoms with Crippen molar-refractivity contribution in [2.45, 2.75) is 42.7 Å². The predicted molar refractivity (Wildman–Crippen MR) is 75.1 cm³/mol. The normalized spacial score (nSPS) is 18.9. The molecule has 0 saturated heterocycles. The molecule has 110 valence electrons. The van der Waals surface area contributed by atoms with Crippen molar-refractivity contribution in [3.05, 3.63) is 29.8 Å². The number of sulfonamides is 1. The Kier molecular flexibility index (Phi) is 3.86. The van der Waals surface area contributed by atoms with E-state index < -0.39 is 15.6 Å². The number of rotatable bonds is 4. The zero-order valence-corrected chi connectivity index (χ0v) is 12.1. The number of carbonyl (C=O) groups is 1. The molecule has 1 aliphatic rings. The van der Waals surface area contributed by atoms with Crippen molar-refractivity contribution in [1.82, 2.24) is 5.32 Å². The van der Waals surface area contributed by atoms with Gasteiger partial charge >= 0.3 is 0 Å². The van der Waals surface area contributed by atoms with Crippen LogP contribution in [0.3, 0.4) is 0 Å². The molecular formula is C13H19N3O3S. The van der Waals surface area contributed by atoms with Crippen molar-refractivity contribution < 1.29 is 13.2 Å². The van der Waals surface area contributed by atoms with Crippen LogP contribution < -0.4 is 16.2 Å². The summed E-state index contributed by atoms with van der Waals surface area (Å²) < 4.78 is 22.3. The Morgan fingerprint density at radius 3 is 2.25 bits per heavy atom. The number of hydrogen-bond acceptors (Lipinski definition) is 4. The van der Waals surface area contributed by atoms with E-state index >= 15 is 0 Å². The van der Waals surface area contributed by atoms with Crippen LogP contribution in [0.2, 0.25) is 0 Å². The molecule has 5 N–H and O–H groups in total. The van der Waals surface area contributed by atoms with E-state index in [1.54, 1.807) is 12.1 Å². The van der Waals surface area contributed by atoms with Gasteiger partial charge in [0.2, 0.25) is 15.9 Å². The number of nitrogens with two attached hydrogens (primary N) is 2. The molecule has 1 fully saturated rings. The van der Waals surface area contributed by atoms with Crippen LogP contribution in [0.25, 0.3) is 0 Å². The van der Waals surface area contributed by atoms with Gasteiger partial charge < -0.3 is 11.1 Å². The molecule has 0 bridgehead atoms. The number of carbonyl (C=O) groups excluding carboxylic acids is 1. The summed E-state index contributed by atoms with van der Waals surface area (Å²) in [4.78, 5) is 12.1. The van der Waals surface area contributed by atoms with Crippen LogP contribution in [0.5, 0.6) is 0 Å². The minimum atomic E-state index is -3.69. The summed E-state index contributed by atoms with van der Waals surface area (Å²) in [6.45, 7) is 1.83. The minimum absolute atomic E-state index is 0.0501. The highest BCUT2D eigenvalue weighted by molar-refractivity contribution is 7.89. The molecule has 7 heteroatoms. The lowest BCUT2D eigenvalue weighted by atomic mass is 9.77. The molecule has 1 aliphatic carbocycles. The van der Waals surface area contributed by atoms with E-state index in [1.165, 1.54) is 12.1 Å². The van der Waals surface area contributed by atoms with Crippen molar-refractivity contribution >= 4 is 15.9 Å².